The minimum absolute atomic E-state index is 0.0359. The first-order valence-electron chi connectivity index (χ1n) is 8.90. The van der Waals surface area contributed by atoms with Gasteiger partial charge in [-0.15, -0.1) is 0 Å². The molecular weight excluding hydrogens is 352 g/mol. The number of benzene rings is 1. The maximum absolute atomic E-state index is 12.2. The first-order valence-corrected chi connectivity index (χ1v) is 10.4. The molecule has 0 bridgehead atoms. The van der Waals surface area contributed by atoms with Crippen LogP contribution in [0.2, 0.25) is 0 Å². The average Bonchev–Trinajstić information content (AvgIpc) is 3.02. The van der Waals surface area contributed by atoms with Crippen molar-refractivity contribution in [2.45, 2.75) is 64.6 Å². The van der Waals surface area contributed by atoms with Crippen LogP contribution in [0.3, 0.4) is 0 Å². The molecule has 0 spiro atoms. The summed E-state index contributed by atoms with van der Waals surface area (Å²) in [7, 11) is -3.48. The number of hydrogen-bond donors (Lipinski definition) is 2. The van der Waals surface area contributed by atoms with Crippen molar-refractivity contribution in [1.29, 1.82) is 0 Å². The average molecular weight is 381 g/mol. The monoisotopic (exact) mass is 380 g/mol. The van der Waals surface area contributed by atoms with Gasteiger partial charge in [0.15, 0.2) is 0 Å². The quantitative estimate of drug-likeness (QED) is 0.790. The Kier molecular flexibility index (Phi) is 6.83. The van der Waals surface area contributed by atoms with Gasteiger partial charge in [-0.2, -0.15) is 0 Å². The molecule has 144 valence electrons. The summed E-state index contributed by atoms with van der Waals surface area (Å²) >= 11 is 0. The van der Waals surface area contributed by atoms with Crippen LogP contribution in [0.5, 0.6) is 0 Å². The van der Waals surface area contributed by atoms with Crippen LogP contribution in [0.15, 0.2) is 29.7 Å². The Morgan fingerprint density at radius 1 is 1.23 bits per heavy atom. The van der Waals surface area contributed by atoms with Gasteiger partial charge >= 0.3 is 6.09 Å². The van der Waals surface area contributed by atoms with Crippen molar-refractivity contribution in [3.63, 3.8) is 0 Å². The van der Waals surface area contributed by atoms with Gasteiger partial charge in [-0.05, 0) is 50.8 Å². The lowest BCUT2D eigenvalue weighted by Crippen LogP contribution is -2.32. The number of sulfonamides is 1. The number of alkyl carbamates (subject to hydrolysis) is 1. The van der Waals surface area contributed by atoms with Gasteiger partial charge in [-0.3, -0.25) is 0 Å². The van der Waals surface area contributed by atoms with Crippen LogP contribution >= 0.6 is 0 Å². The highest BCUT2D eigenvalue weighted by molar-refractivity contribution is 7.92. The summed E-state index contributed by atoms with van der Waals surface area (Å²) in [6.45, 7) is 5.65. The number of carbonyl (C=O) groups is 1. The summed E-state index contributed by atoms with van der Waals surface area (Å²) in [5.74, 6) is 0. The molecule has 0 radical (unpaired) electrons. The number of nitrogens with one attached hydrogen (secondary N) is 2. The number of ether oxygens (including phenoxy) is 1. The third-order valence-corrected chi connectivity index (χ3v) is 5.15. The van der Waals surface area contributed by atoms with Crippen molar-refractivity contribution in [2.75, 3.05) is 0 Å². The molecule has 2 rings (SSSR count). The Balaban J connectivity index is 2.00. The zero-order valence-electron chi connectivity index (χ0n) is 15.6. The molecule has 2 N–H and O–H groups in total. The van der Waals surface area contributed by atoms with Crippen molar-refractivity contribution >= 4 is 22.2 Å². The Hall–Kier alpha value is -1.86. The molecule has 0 saturated heterocycles. The van der Waals surface area contributed by atoms with Gasteiger partial charge in [0.25, 0.3) is 0 Å². The van der Waals surface area contributed by atoms with Crippen LogP contribution in [0.1, 0.15) is 57.6 Å². The molecular formula is C19H28N2O4S. The molecule has 1 aliphatic carbocycles. The minimum atomic E-state index is -3.48. The molecule has 0 aromatic heterocycles. The standard InChI is InChI=1S/C19H28N2O4S/c1-19(2,3)25-18(22)20-14-16-9-5-4-8-15(16)12-13-26(23,24)21-17-10-6-7-11-17/h4-5,8-9,12-13,17,21H,6-7,10-11,14H2,1-3H3,(H,20,22)/b13-12+. The molecule has 26 heavy (non-hydrogen) atoms. The molecule has 1 amide bonds. The van der Waals surface area contributed by atoms with Gasteiger partial charge < -0.3 is 10.1 Å². The Labute approximate surface area is 156 Å². The van der Waals surface area contributed by atoms with Gasteiger partial charge in [0.05, 0.1) is 0 Å². The van der Waals surface area contributed by atoms with Crippen molar-refractivity contribution < 1.29 is 17.9 Å². The number of carbonyl (C=O) groups excluding carboxylic acids is 1. The number of rotatable bonds is 6. The maximum atomic E-state index is 12.2. The van der Waals surface area contributed by atoms with E-state index < -0.39 is 21.7 Å². The summed E-state index contributed by atoms with van der Waals surface area (Å²) in [4.78, 5) is 11.8. The molecule has 1 aromatic rings. The highest BCUT2D eigenvalue weighted by atomic mass is 32.2. The van der Waals surface area contributed by atoms with Crippen LogP contribution < -0.4 is 10.0 Å². The summed E-state index contributed by atoms with van der Waals surface area (Å²) in [5, 5.41) is 3.88. The second-order valence-electron chi connectivity index (χ2n) is 7.50. The summed E-state index contributed by atoms with van der Waals surface area (Å²) in [6, 6.07) is 7.36. The van der Waals surface area contributed by atoms with E-state index in [1.165, 1.54) is 5.41 Å². The molecule has 1 aromatic carbocycles. The lowest BCUT2D eigenvalue weighted by atomic mass is 10.1. The number of hydrogen-bond acceptors (Lipinski definition) is 4. The largest absolute Gasteiger partial charge is 0.444 e. The molecule has 0 unspecified atom stereocenters. The van der Waals surface area contributed by atoms with E-state index in [1.54, 1.807) is 26.8 Å². The van der Waals surface area contributed by atoms with Crippen LogP contribution in [-0.2, 0) is 21.3 Å². The highest BCUT2D eigenvalue weighted by Gasteiger charge is 2.19. The Morgan fingerprint density at radius 2 is 1.88 bits per heavy atom. The van der Waals surface area contributed by atoms with E-state index in [-0.39, 0.29) is 12.6 Å². The molecule has 1 aliphatic rings. The lowest BCUT2D eigenvalue weighted by Gasteiger charge is -2.20. The smallest absolute Gasteiger partial charge is 0.407 e. The van der Waals surface area contributed by atoms with E-state index >= 15 is 0 Å². The molecule has 0 heterocycles. The van der Waals surface area contributed by atoms with E-state index in [2.05, 4.69) is 10.0 Å². The van der Waals surface area contributed by atoms with Crippen molar-refractivity contribution in [1.82, 2.24) is 10.0 Å². The molecule has 1 saturated carbocycles. The van der Waals surface area contributed by atoms with Crippen LogP contribution in [0.4, 0.5) is 4.79 Å². The highest BCUT2D eigenvalue weighted by Crippen LogP contribution is 2.19. The maximum Gasteiger partial charge on any atom is 0.407 e. The summed E-state index contributed by atoms with van der Waals surface area (Å²) in [6.07, 6.45) is 4.97. The first kappa shape index (κ1) is 20.5. The van der Waals surface area contributed by atoms with Crippen molar-refractivity contribution in [3.05, 3.63) is 40.8 Å². The zero-order chi connectivity index (χ0) is 19.2. The van der Waals surface area contributed by atoms with E-state index in [0.29, 0.717) is 0 Å². The predicted octanol–water partition coefficient (Wildman–Crippen LogP) is 3.54. The summed E-state index contributed by atoms with van der Waals surface area (Å²) < 4.78 is 32.3. The normalized spacial score (nSPS) is 16.1. The zero-order valence-corrected chi connectivity index (χ0v) is 16.4. The predicted molar refractivity (Wildman–Crippen MR) is 103 cm³/mol. The number of amides is 1. The summed E-state index contributed by atoms with van der Waals surface area (Å²) in [5.41, 5.74) is 0.981. The minimum Gasteiger partial charge on any atom is -0.444 e. The third-order valence-electron chi connectivity index (χ3n) is 3.99. The second kappa shape index (κ2) is 8.68. The molecule has 1 fully saturated rings. The van der Waals surface area contributed by atoms with E-state index in [9.17, 15) is 13.2 Å². The van der Waals surface area contributed by atoms with Crippen LogP contribution in [-0.4, -0.2) is 26.2 Å². The fraction of sp³-hybridized carbons (Fsp3) is 0.526. The van der Waals surface area contributed by atoms with Gasteiger partial charge in [0.2, 0.25) is 10.0 Å². The van der Waals surface area contributed by atoms with E-state index in [4.69, 9.17) is 4.74 Å². The van der Waals surface area contributed by atoms with Gasteiger partial charge in [0.1, 0.15) is 5.60 Å². The van der Waals surface area contributed by atoms with Crippen molar-refractivity contribution in [2.24, 2.45) is 0 Å². The molecule has 0 atom stereocenters. The third kappa shape index (κ3) is 7.17. The first-order chi connectivity index (χ1) is 12.1. The van der Waals surface area contributed by atoms with Crippen LogP contribution in [0.25, 0.3) is 6.08 Å². The van der Waals surface area contributed by atoms with Crippen molar-refractivity contribution in [3.8, 4) is 0 Å². The van der Waals surface area contributed by atoms with E-state index in [0.717, 1.165) is 36.8 Å². The Morgan fingerprint density at radius 3 is 2.54 bits per heavy atom. The molecule has 7 heteroatoms. The Bertz CT molecular complexity index is 745. The topological polar surface area (TPSA) is 84.5 Å². The van der Waals surface area contributed by atoms with Gasteiger partial charge in [-0.25, -0.2) is 17.9 Å². The van der Waals surface area contributed by atoms with Gasteiger partial charge in [0, 0.05) is 18.0 Å². The molecule has 0 aliphatic heterocycles. The van der Waals surface area contributed by atoms with E-state index in [1.807, 2.05) is 24.3 Å². The SMILES string of the molecule is CC(C)(C)OC(=O)NCc1ccccc1/C=C/S(=O)(=O)NC1CCCC1. The lowest BCUT2D eigenvalue weighted by molar-refractivity contribution is 0.0523. The van der Waals surface area contributed by atoms with Crippen LogP contribution in [0, 0.1) is 0 Å². The fourth-order valence-electron chi connectivity index (χ4n) is 2.82. The van der Waals surface area contributed by atoms with Gasteiger partial charge in [-0.1, -0.05) is 37.1 Å². The molecule has 6 nitrogen and oxygen atoms in total. The fourth-order valence-corrected chi connectivity index (χ4v) is 3.92. The second-order valence-corrected chi connectivity index (χ2v) is 9.10.